The summed E-state index contributed by atoms with van der Waals surface area (Å²) >= 11 is 0. The normalized spacial score (nSPS) is 13.6. The summed E-state index contributed by atoms with van der Waals surface area (Å²) in [5.41, 5.74) is 6.62. The molecular formula is C11H18ClNO3. The van der Waals surface area contributed by atoms with E-state index in [1.807, 2.05) is 0 Å². The van der Waals surface area contributed by atoms with Gasteiger partial charge in [0.05, 0.1) is 26.4 Å². The number of hydrogen-bond donors (Lipinski definition) is 2. The second kappa shape index (κ2) is 6.58. The standard InChI is InChI=1S/C11H17NO3.ClH/c1-7(13)11(12)8-4-9(14-2)6-10(5-8)15-3;/h4-7,11,13H,12H2,1-3H3;1H/t7-,11-;/m1./s1. The van der Waals surface area contributed by atoms with Crippen LogP contribution in [0.2, 0.25) is 0 Å². The Labute approximate surface area is 102 Å². The van der Waals surface area contributed by atoms with Crippen molar-refractivity contribution >= 4 is 12.4 Å². The van der Waals surface area contributed by atoms with Crippen LogP contribution in [0.25, 0.3) is 0 Å². The average molecular weight is 248 g/mol. The molecule has 3 N–H and O–H groups in total. The fourth-order valence-corrected chi connectivity index (χ4v) is 1.30. The Bertz CT molecular complexity index is 309. The third kappa shape index (κ3) is 3.56. The van der Waals surface area contributed by atoms with Crippen LogP contribution in [0, 0.1) is 0 Å². The van der Waals surface area contributed by atoms with Gasteiger partial charge in [0.25, 0.3) is 0 Å². The third-order valence-corrected chi connectivity index (χ3v) is 2.28. The van der Waals surface area contributed by atoms with Crippen LogP contribution in [0.3, 0.4) is 0 Å². The first kappa shape index (κ1) is 15.0. The van der Waals surface area contributed by atoms with E-state index >= 15 is 0 Å². The molecule has 5 heteroatoms. The number of hydrogen-bond acceptors (Lipinski definition) is 4. The van der Waals surface area contributed by atoms with E-state index < -0.39 is 12.1 Å². The molecule has 1 aromatic carbocycles. The lowest BCUT2D eigenvalue weighted by atomic mass is 10.0. The molecule has 4 nitrogen and oxygen atoms in total. The summed E-state index contributed by atoms with van der Waals surface area (Å²) in [7, 11) is 3.15. The first-order valence-corrected chi connectivity index (χ1v) is 4.75. The van der Waals surface area contributed by atoms with Crippen LogP contribution in [-0.2, 0) is 0 Å². The topological polar surface area (TPSA) is 64.7 Å². The maximum Gasteiger partial charge on any atom is 0.122 e. The number of nitrogens with two attached hydrogens (primary N) is 1. The van der Waals surface area contributed by atoms with Crippen molar-refractivity contribution in [3.05, 3.63) is 23.8 Å². The SMILES string of the molecule is COc1cc(OC)cc([C@H](N)[C@@H](C)O)c1.Cl. The fraction of sp³-hybridized carbons (Fsp3) is 0.455. The molecule has 0 saturated heterocycles. The van der Waals surface area contributed by atoms with Crippen LogP contribution in [0.15, 0.2) is 18.2 Å². The summed E-state index contributed by atoms with van der Waals surface area (Å²) in [6.45, 7) is 1.65. The summed E-state index contributed by atoms with van der Waals surface area (Å²) in [6, 6.07) is 4.91. The first-order chi connectivity index (χ1) is 7.08. The number of benzene rings is 1. The zero-order valence-corrected chi connectivity index (χ0v) is 10.5. The third-order valence-electron chi connectivity index (χ3n) is 2.28. The van der Waals surface area contributed by atoms with Gasteiger partial charge in [-0.2, -0.15) is 0 Å². The molecule has 16 heavy (non-hydrogen) atoms. The lowest BCUT2D eigenvalue weighted by molar-refractivity contribution is 0.164. The maximum atomic E-state index is 9.39. The Morgan fingerprint density at radius 1 is 1.12 bits per heavy atom. The van der Waals surface area contributed by atoms with Gasteiger partial charge in [-0.25, -0.2) is 0 Å². The second-order valence-electron chi connectivity index (χ2n) is 3.41. The lowest BCUT2D eigenvalue weighted by Gasteiger charge is -2.16. The van der Waals surface area contributed by atoms with Gasteiger partial charge in [-0.05, 0) is 24.6 Å². The maximum absolute atomic E-state index is 9.39. The van der Waals surface area contributed by atoms with Crippen molar-refractivity contribution in [1.82, 2.24) is 0 Å². The molecule has 0 aliphatic rings. The quantitative estimate of drug-likeness (QED) is 0.847. The van der Waals surface area contributed by atoms with E-state index in [1.54, 1.807) is 39.3 Å². The van der Waals surface area contributed by atoms with Gasteiger partial charge in [0.2, 0.25) is 0 Å². The molecule has 0 spiro atoms. The Balaban J connectivity index is 0.00000225. The zero-order chi connectivity index (χ0) is 11.4. The molecule has 0 aliphatic heterocycles. The molecule has 0 aromatic heterocycles. The van der Waals surface area contributed by atoms with Crippen molar-refractivity contribution in [2.45, 2.75) is 19.1 Å². The lowest BCUT2D eigenvalue weighted by Crippen LogP contribution is -2.23. The molecule has 0 bridgehead atoms. The molecule has 0 radical (unpaired) electrons. The Hall–Kier alpha value is -0.970. The van der Waals surface area contributed by atoms with E-state index in [1.165, 1.54) is 0 Å². The minimum absolute atomic E-state index is 0. The second-order valence-corrected chi connectivity index (χ2v) is 3.41. The number of aliphatic hydroxyl groups is 1. The highest BCUT2D eigenvalue weighted by Gasteiger charge is 2.14. The van der Waals surface area contributed by atoms with Gasteiger partial charge in [0.1, 0.15) is 11.5 Å². The minimum Gasteiger partial charge on any atom is -0.497 e. The van der Waals surface area contributed by atoms with E-state index in [0.29, 0.717) is 11.5 Å². The Kier molecular flexibility index (Phi) is 6.18. The number of rotatable bonds is 4. The van der Waals surface area contributed by atoms with Gasteiger partial charge in [-0.1, -0.05) is 0 Å². The summed E-state index contributed by atoms with van der Waals surface area (Å²) < 4.78 is 10.2. The van der Waals surface area contributed by atoms with E-state index in [-0.39, 0.29) is 12.4 Å². The number of halogens is 1. The monoisotopic (exact) mass is 247 g/mol. The Morgan fingerprint density at radius 3 is 1.88 bits per heavy atom. The molecule has 92 valence electrons. The van der Waals surface area contributed by atoms with Crippen LogP contribution in [-0.4, -0.2) is 25.4 Å². The molecule has 2 atom stereocenters. The Morgan fingerprint density at radius 2 is 1.56 bits per heavy atom. The molecule has 0 unspecified atom stereocenters. The molecule has 1 rings (SSSR count). The van der Waals surface area contributed by atoms with Crippen molar-refractivity contribution in [3.63, 3.8) is 0 Å². The number of ether oxygens (including phenoxy) is 2. The van der Waals surface area contributed by atoms with Crippen molar-refractivity contribution in [1.29, 1.82) is 0 Å². The van der Waals surface area contributed by atoms with Crippen LogP contribution < -0.4 is 15.2 Å². The summed E-state index contributed by atoms with van der Waals surface area (Å²) in [6.07, 6.45) is -0.609. The van der Waals surface area contributed by atoms with Gasteiger partial charge in [-0.15, -0.1) is 12.4 Å². The van der Waals surface area contributed by atoms with Crippen molar-refractivity contribution < 1.29 is 14.6 Å². The average Bonchev–Trinajstić information content (AvgIpc) is 2.27. The van der Waals surface area contributed by atoms with E-state index in [4.69, 9.17) is 15.2 Å². The highest BCUT2D eigenvalue weighted by atomic mass is 35.5. The van der Waals surface area contributed by atoms with Crippen LogP contribution in [0.5, 0.6) is 11.5 Å². The largest absolute Gasteiger partial charge is 0.497 e. The highest BCUT2D eigenvalue weighted by Crippen LogP contribution is 2.26. The predicted octanol–water partition coefficient (Wildman–Crippen LogP) is 1.51. The van der Waals surface area contributed by atoms with Crippen molar-refractivity contribution in [2.24, 2.45) is 5.73 Å². The van der Waals surface area contributed by atoms with Gasteiger partial charge < -0.3 is 20.3 Å². The van der Waals surface area contributed by atoms with Crippen LogP contribution >= 0.6 is 12.4 Å². The van der Waals surface area contributed by atoms with E-state index in [2.05, 4.69) is 0 Å². The van der Waals surface area contributed by atoms with E-state index in [0.717, 1.165) is 5.56 Å². The van der Waals surface area contributed by atoms with Gasteiger partial charge in [0.15, 0.2) is 0 Å². The fourth-order valence-electron chi connectivity index (χ4n) is 1.30. The first-order valence-electron chi connectivity index (χ1n) is 4.75. The molecule has 0 fully saturated rings. The molecule has 0 amide bonds. The number of methoxy groups -OCH3 is 2. The van der Waals surface area contributed by atoms with Crippen molar-refractivity contribution in [2.75, 3.05) is 14.2 Å². The molecule has 0 saturated carbocycles. The van der Waals surface area contributed by atoms with Crippen molar-refractivity contribution in [3.8, 4) is 11.5 Å². The smallest absolute Gasteiger partial charge is 0.122 e. The molecule has 1 aromatic rings. The van der Waals surface area contributed by atoms with Gasteiger partial charge >= 0.3 is 0 Å². The molecule has 0 aliphatic carbocycles. The summed E-state index contributed by atoms with van der Waals surface area (Å²) in [4.78, 5) is 0. The summed E-state index contributed by atoms with van der Waals surface area (Å²) in [5, 5.41) is 9.39. The van der Waals surface area contributed by atoms with Crippen LogP contribution in [0.4, 0.5) is 0 Å². The predicted molar refractivity (Wildman–Crippen MR) is 65.4 cm³/mol. The highest BCUT2D eigenvalue weighted by molar-refractivity contribution is 5.85. The minimum atomic E-state index is -0.609. The van der Waals surface area contributed by atoms with Gasteiger partial charge in [0, 0.05) is 6.07 Å². The molecule has 0 heterocycles. The van der Waals surface area contributed by atoms with Gasteiger partial charge in [-0.3, -0.25) is 0 Å². The summed E-state index contributed by atoms with van der Waals surface area (Å²) in [5.74, 6) is 1.33. The van der Waals surface area contributed by atoms with E-state index in [9.17, 15) is 5.11 Å². The number of aliphatic hydroxyl groups excluding tert-OH is 1. The van der Waals surface area contributed by atoms with Crippen LogP contribution in [0.1, 0.15) is 18.5 Å². The molecular weight excluding hydrogens is 230 g/mol. The zero-order valence-electron chi connectivity index (χ0n) is 9.64.